The van der Waals surface area contributed by atoms with Gasteiger partial charge in [-0.1, -0.05) is 37.3 Å². The molecule has 100 valence electrons. The molecule has 2 unspecified atom stereocenters. The highest BCUT2D eigenvalue weighted by atomic mass is 15.1. The van der Waals surface area contributed by atoms with Crippen LogP contribution in [0.5, 0.6) is 0 Å². The van der Waals surface area contributed by atoms with Crippen LogP contribution >= 0.6 is 0 Å². The molecule has 2 heteroatoms. The Morgan fingerprint density at radius 2 is 2.11 bits per heavy atom. The maximum absolute atomic E-state index is 3.69. The molecule has 1 aliphatic rings. The molecule has 1 heterocycles. The van der Waals surface area contributed by atoms with Gasteiger partial charge in [-0.3, -0.25) is 0 Å². The quantitative estimate of drug-likeness (QED) is 0.830. The standard InChI is InChI=1S/C16H26N2/c1-3-18-10-9-16(13-18)12-17-14(2)11-15-7-5-4-6-8-15/h4-8,14,16-17H,3,9-13H2,1-2H3. The normalized spacial score (nSPS) is 22.2. The number of benzene rings is 1. The van der Waals surface area contributed by atoms with E-state index in [1.807, 2.05) is 0 Å². The van der Waals surface area contributed by atoms with Gasteiger partial charge in [0, 0.05) is 12.6 Å². The molecule has 0 aromatic heterocycles. The highest BCUT2D eigenvalue weighted by molar-refractivity contribution is 5.15. The summed E-state index contributed by atoms with van der Waals surface area (Å²) in [5.74, 6) is 0.850. The lowest BCUT2D eigenvalue weighted by Gasteiger charge is -2.18. The third-order valence-electron chi connectivity index (χ3n) is 3.96. The van der Waals surface area contributed by atoms with Crippen molar-refractivity contribution in [3.05, 3.63) is 35.9 Å². The van der Waals surface area contributed by atoms with Gasteiger partial charge in [-0.05, 0) is 50.9 Å². The first-order chi connectivity index (χ1) is 8.78. The fraction of sp³-hybridized carbons (Fsp3) is 0.625. The molecule has 1 saturated heterocycles. The van der Waals surface area contributed by atoms with E-state index >= 15 is 0 Å². The van der Waals surface area contributed by atoms with E-state index in [-0.39, 0.29) is 0 Å². The Kier molecular flexibility index (Phi) is 5.21. The minimum absolute atomic E-state index is 0.572. The molecule has 0 saturated carbocycles. The van der Waals surface area contributed by atoms with Crippen LogP contribution in [0.25, 0.3) is 0 Å². The summed E-state index contributed by atoms with van der Waals surface area (Å²) in [5, 5.41) is 3.69. The molecular formula is C16H26N2. The zero-order valence-electron chi connectivity index (χ0n) is 11.7. The minimum Gasteiger partial charge on any atom is -0.314 e. The van der Waals surface area contributed by atoms with Crippen molar-refractivity contribution in [2.45, 2.75) is 32.7 Å². The van der Waals surface area contributed by atoms with Crippen molar-refractivity contribution in [3.63, 3.8) is 0 Å². The number of hydrogen-bond acceptors (Lipinski definition) is 2. The highest BCUT2D eigenvalue weighted by Crippen LogP contribution is 2.15. The Labute approximate surface area is 111 Å². The van der Waals surface area contributed by atoms with Gasteiger partial charge in [-0.2, -0.15) is 0 Å². The molecule has 1 N–H and O–H groups in total. The molecule has 0 aliphatic carbocycles. The summed E-state index contributed by atoms with van der Waals surface area (Å²) in [6, 6.07) is 11.3. The molecule has 1 aromatic carbocycles. The summed E-state index contributed by atoms with van der Waals surface area (Å²) in [6.45, 7) is 9.49. The van der Waals surface area contributed by atoms with Crippen molar-refractivity contribution in [1.82, 2.24) is 10.2 Å². The van der Waals surface area contributed by atoms with Crippen molar-refractivity contribution >= 4 is 0 Å². The molecule has 18 heavy (non-hydrogen) atoms. The molecule has 1 aliphatic heterocycles. The molecule has 2 nitrogen and oxygen atoms in total. The van der Waals surface area contributed by atoms with Crippen LogP contribution in [0.4, 0.5) is 0 Å². The molecule has 0 radical (unpaired) electrons. The van der Waals surface area contributed by atoms with E-state index in [1.54, 1.807) is 0 Å². The Morgan fingerprint density at radius 3 is 2.78 bits per heavy atom. The van der Waals surface area contributed by atoms with E-state index in [0.29, 0.717) is 6.04 Å². The molecule has 0 bridgehead atoms. The second-order valence-corrected chi connectivity index (χ2v) is 5.55. The van der Waals surface area contributed by atoms with E-state index in [4.69, 9.17) is 0 Å². The SMILES string of the molecule is CCN1CCC(CNC(C)Cc2ccccc2)C1. The van der Waals surface area contributed by atoms with Gasteiger partial charge in [0.05, 0.1) is 0 Å². The van der Waals surface area contributed by atoms with E-state index < -0.39 is 0 Å². The third-order valence-corrected chi connectivity index (χ3v) is 3.96. The number of nitrogens with zero attached hydrogens (tertiary/aromatic N) is 1. The second-order valence-electron chi connectivity index (χ2n) is 5.55. The summed E-state index contributed by atoms with van der Waals surface area (Å²) in [5.41, 5.74) is 1.43. The van der Waals surface area contributed by atoms with Crippen LogP contribution in [0.15, 0.2) is 30.3 Å². The van der Waals surface area contributed by atoms with Gasteiger partial charge in [0.25, 0.3) is 0 Å². The van der Waals surface area contributed by atoms with Crippen LogP contribution in [0, 0.1) is 5.92 Å². The fourth-order valence-electron chi connectivity index (χ4n) is 2.77. The zero-order chi connectivity index (χ0) is 12.8. The molecular weight excluding hydrogens is 220 g/mol. The van der Waals surface area contributed by atoms with E-state index in [0.717, 1.165) is 12.3 Å². The summed E-state index contributed by atoms with van der Waals surface area (Å²) in [6.07, 6.45) is 2.49. The largest absolute Gasteiger partial charge is 0.314 e. The van der Waals surface area contributed by atoms with Crippen LogP contribution in [0.1, 0.15) is 25.8 Å². The van der Waals surface area contributed by atoms with Crippen LogP contribution < -0.4 is 5.32 Å². The van der Waals surface area contributed by atoms with Crippen molar-refractivity contribution in [1.29, 1.82) is 0 Å². The van der Waals surface area contributed by atoms with Gasteiger partial charge < -0.3 is 10.2 Å². The third kappa shape index (κ3) is 4.11. The van der Waals surface area contributed by atoms with Gasteiger partial charge in [0.15, 0.2) is 0 Å². The summed E-state index contributed by atoms with van der Waals surface area (Å²) >= 11 is 0. The number of likely N-dealkylation sites (tertiary alicyclic amines) is 1. The van der Waals surface area contributed by atoms with E-state index in [1.165, 1.54) is 38.2 Å². The smallest absolute Gasteiger partial charge is 0.00792 e. The predicted octanol–water partition coefficient (Wildman–Crippen LogP) is 2.55. The molecule has 0 amide bonds. The van der Waals surface area contributed by atoms with Gasteiger partial charge in [-0.25, -0.2) is 0 Å². The maximum atomic E-state index is 3.69. The zero-order valence-corrected chi connectivity index (χ0v) is 11.7. The molecule has 2 atom stereocenters. The van der Waals surface area contributed by atoms with Crippen molar-refractivity contribution in [2.75, 3.05) is 26.2 Å². The highest BCUT2D eigenvalue weighted by Gasteiger charge is 2.21. The van der Waals surface area contributed by atoms with E-state index in [2.05, 4.69) is 54.4 Å². The first-order valence-electron chi connectivity index (χ1n) is 7.27. The molecule has 0 spiro atoms. The minimum atomic E-state index is 0.572. The van der Waals surface area contributed by atoms with Gasteiger partial charge in [-0.15, -0.1) is 0 Å². The van der Waals surface area contributed by atoms with Crippen LogP contribution in [0.3, 0.4) is 0 Å². The average molecular weight is 246 g/mol. The number of hydrogen-bond donors (Lipinski definition) is 1. The van der Waals surface area contributed by atoms with Crippen molar-refractivity contribution < 1.29 is 0 Å². The topological polar surface area (TPSA) is 15.3 Å². The van der Waals surface area contributed by atoms with Crippen molar-refractivity contribution in [3.8, 4) is 0 Å². The van der Waals surface area contributed by atoms with Crippen molar-refractivity contribution in [2.24, 2.45) is 5.92 Å². The van der Waals surface area contributed by atoms with Crippen LogP contribution in [-0.2, 0) is 6.42 Å². The lowest BCUT2D eigenvalue weighted by atomic mass is 10.1. The first kappa shape index (κ1) is 13.6. The van der Waals surface area contributed by atoms with Crippen LogP contribution in [0.2, 0.25) is 0 Å². The maximum Gasteiger partial charge on any atom is 0.00792 e. The number of rotatable bonds is 6. The monoisotopic (exact) mass is 246 g/mol. The lowest BCUT2D eigenvalue weighted by Crippen LogP contribution is -2.33. The Morgan fingerprint density at radius 1 is 1.33 bits per heavy atom. The van der Waals surface area contributed by atoms with Crippen LogP contribution in [-0.4, -0.2) is 37.1 Å². The Bertz CT molecular complexity index is 336. The molecule has 2 rings (SSSR count). The summed E-state index contributed by atoms with van der Waals surface area (Å²) in [4.78, 5) is 2.55. The lowest BCUT2D eigenvalue weighted by molar-refractivity contribution is 0.335. The average Bonchev–Trinajstić information content (AvgIpc) is 2.85. The Balaban J connectivity index is 1.68. The Hall–Kier alpha value is -0.860. The summed E-state index contributed by atoms with van der Waals surface area (Å²) < 4.78 is 0. The number of nitrogens with one attached hydrogen (secondary N) is 1. The van der Waals surface area contributed by atoms with Gasteiger partial charge in [0.2, 0.25) is 0 Å². The van der Waals surface area contributed by atoms with Gasteiger partial charge in [0.1, 0.15) is 0 Å². The molecule has 1 fully saturated rings. The fourth-order valence-corrected chi connectivity index (χ4v) is 2.77. The first-order valence-corrected chi connectivity index (χ1v) is 7.27. The molecule has 1 aromatic rings. The van der Waals surface area contributed by atoms with E-state index in [9.17, 15) is 0 Å². The predicted molar refractivity (Wildman–Crippen MR) is 77.8 cm³/mol. The second kappa shape index (κ2) is 6.91. The summed E-state index contributed by atoms with van der Waals surface area (Å²) in [7, 11) is 0. The van der Waals surface area contributed by atoms with Gasteiger partial charge >= 0.3 is 0 Å².